The standard InChI is InChI=1S/C11H12N2OS/c1-8-4-5-9(7-8)12-13-11(14)10-3-2-6-15-10/h2-3,5-7,12H,4H2,1H3,(H,13,14). The highest BCUT2D eigenvalue weighted by molar-refractivity contribution is 7.12. The molecule has 0 unspecified atom stereocenters. The van der Waals surface area contributed by atoms with Crippen molar-refractivity contribution in [1.29, 1.82) is 0 Å². The molecule has 0 saturated carbocycles. The molecule has 1 amide bonds. The van der Waals surface area contributed by atoms with Gasteiger partial charge in [0.1, 0.15) is 0 Å². The molecule has 1 aliphatic rings. The van der Waals surface area contributed by atoms with E-state index in [9.17, 15) is 4.79 Å². The van der Waals surface area contributed by atoms with Gasteiger partial charge >= 0.3 is 0 Å². The van der Waals surface area contributed by atoms with Crippen molar-refractivity contribution in [2.45, 2.75) is 13.3 Å². The summed E-state index contributed by atoms with van der Waals surface area (Å²) in [5, 5.41) is 1.88. The third-order valence-corrected chi connectivity index (χ3v) is 2.98. The molecule has 15 heavy (non-hydrogen) atoms. The summed E-state index contributed by atoms with van der Waals surface area (Å²) < 4.78 is 0. The molecule has 1 aromatic rings. The first kappa shape index (κ1) is 9.98. The molecule has 0 bridgehead atoms. The van der Waals surface area contributed by atoms with Gasteiger partial charge in [0.05, 0.1) is 10.6 Å². The smallest absolute Gasteiger partial charge is 0.279 e. The number of rotatable bonds is 3. The lowest BCUT2D eigenvalue weighted by Gasteiger charge is -2.06. The third kappa shape index (κ3) is 2.47. The topological polar surface area (TPSA) is 41.1 Å². The maximum atomic E-state index is 11.5. The Morgan fingerprint density at radius 3 is 3.00 bits per heavy atom. The molecular weight excluding hydrogens is 208 g/mol. The molecule has 0 aromatic carbocycles. The predicted octanol–water partition coefficient (Wildman–Crippen LogP) is 2.22. The summed E-state index contributed by atoms with van der Waals surface area (Å²) in [6, 6.07) is 3.66. The lowest BCUT2D eigenvalue weighted by Crippen LogP contribution is -2.35. The van der Waals surface area contributed by atoms with Crippen molar-refractivity contribution >= 4 is 17.2 Å². The van der Waals surface area contributed by atoms with Crippen molar-refractivity contribution in [3.8, 4) is 0 Å². The Morgan fingerprint density at radius 1 is 1.53 bits per heavy atom. The molecular formula is C11H12N2OS. The first-order valence-electron chi connectivity index (χ1n) is 4.73. The lowest BCUT2D eigenvalue weighted by molar-refractivity contribution is 0.0943. The maximum Gasteiger partial charge on any atom is 0.279 e. The van der Waals surface area contributed by atoms with Crippen LogP contribution in [0.4, 0.5) is 0 Å². The van der Waals surface area contributed by atoms with Crippen LogP contribution in [0.2, 0.25) is 0 Å². The van der Waals surface area contributed by atoms with E-state index in [1.165, 1.54) is 16.9 Å². The first-order valence-corrected chi connectivity index (χ1v) is 5.61. The van der Waals surface area contributed by atoms with Crippen molar-refractivity contribution in [1.82, 2.24) is 10.9 Å². The highest BCUT2D eigenvalue weighted by Crippen LogP contribution is 2.13. The monoisotopic (exact) mass is 220 g/mol. The number of thiophene rings is 1. The average molecular weight is 220 g/mol. The van der Waals surface area contributed by atoms with Crippen LogP contribution in [0.15, 0.2) is 40.9 Å². The second-order valence-corrected chi connectivity index (χ2v) is 4.36. The Balaban J connectivity index is 1.87. The first-order chi connectivity index (χ1) is 7.25. The fraction of sp³-hybridized carbons (Fsp3) is 0.182. The predicted molar refractivity (Wildman–Crippen MR) is 61.4 cm³/mol. The minimum atomic E-state index is -0.0937. The zero-order chi connectivity index (χ0) is 10.7. The number of hydrogen-bond acceptors (Lipinski definition) is 3. The summed E-state index contributed by atoms with van der Waals surface area (Å²) in [5.41, 5.74) is 7.80. The van der Waals surface area contributed by atoms with Crippen molar-refractivity contribution < 1.29 is 4.79 Å². The second kappa shape index (κ2) is 4.31. The molecule has 0 saturated heterocycles. The molecule has 1 aliphatic carbocycles. The largest absolute Gasteiger partial charge is 0.299 e. The molecule has 78 valence electrons. The number of allylic oxidation sites excluding steroid dienone is 3. The molecule has 0 radical (unpaired) electrons. The summed E-state index contributed by atoms with van der Waals surface area (Å²) in [6.45, 7) is 2.06. The van der Waals surface area contributed by atoms with Gasteiger partial charge in [-0.15, -0.1) is 11.3 Å². The number of amides is 1. The quantitative estimate of drug-likeness (QED) is 0.767. The van der Waals surface area contributed by atoms with Gasteiger partial charge in [-0.1, -0.05) is 17.7 Å². The summed E-state index contributed by atoms with van der Waals surface area (Å²) in [6.07, 6.45) is 5.02. The van der Waals surface area contributed by atoms with Crippen molar-refractivity contribution in [3.05, 3.63) is 45.8 Å². The number of hydrazine groups is 1. The van der Waals surface area contributed by atoms with Gasteiger partial charge in [0.25, 0.3) is 5.91 Å². The number of carbonyl (C=O) groups excluding carboxylic acids is 1. The minimum absolute atomic E-state index is 0.0937. The Hall–Kier alpha value is -1.55. The molecule has 2 rings (SSSR count). The molecule has 0 fully saturated rings. The second-order valence-electron chi connectivity index (χ2n) is 3.41. The highest BCUT2D eigenvalue weighted by atomic mass is 32.1. The van der Waals surface area contributed by atoms with Crippen LogP contribution >= 0.6 is 11.3 Å². The Kier molecular flexibility index (Phi) is 2.87. The van der Waals surface area contributed by atoms with E-state index in [-0.39, 0.29) is 5.91 Å². The van der Waals surface area contributed by atoms with E-state index in [1.54, 1.807) is 6.07 Å². The molecule has 1 heterocycles. The SMILES string of the molecule is CC1=CC(NNC(=O)c2cccs2)=CC1. The number of hydrogen-bond donors (Lipinski definition) is 2. The molecule has 1 aromatic heterocycles. The van der Waals surface area contributed by atoms with Crippen LogP contribution in [0.3, 0.4) is 0 Å². The van der Waals surface area contributed by atoms with E-state index in [0.717, 1.165) is 12.1 Å². The molecule has 3 nitrogen and oxygen atoms in total. The van der Waals surface area contributed by atoms with Gasteiger partial charge in [-0.05, 0) is 30.9 Å². The van der Waals surface area contributed by atoms with Crippen molar-refractivity contribution in [3.63, 3.8) is 0 Å². The summed E-state index contributed by atoms with van der Waals surface area (Å²) >= 11 is 1.43. The van der Waals surface area contributed by atoms with Crippen LogP contribution in [0.25, 0.3) is 0 Å². The number of nitrogens with one attached hydrogen (secondary N) is 2. The van der Waals surface area contributed by atoms with Gasteiger partial charge < -0.3 is 0 Å². The van der Waals surface area contributed by atoms with Crippen LogP contribution in [0.5, 0.6) is 0 Å². The van der Waals surface area contributed by atoms with E-state index in [4.69, 9.17) is 0 Å². The van der Waals surface area contributed by atoms with Gasteiger partial charge in [-0.3, -0.25) is 15.6 Å². The third-order valence-electron chi connectivity index (χ3n) is 2.11. The van der Waals surface area contributed by atoms with Crippen LogP contribution in [0, 0.1) is 0 Å². The van der Waals surface area contributed by atoms with E-state index >= 15 is 0 Å². The van der Waals surface area contributed by atoms with Gasteiger partial charge in [-0.2, -0.15) is 0 Å². The summed E-state index contributed by atoms with van der Waals surface area (Å²) in [4.78, 5) is 12.2. The van der Waals surface area contributed by atoms with Crippen LogP contribution in [-0.4, -0.2) is 5.91 Å². The normalized spacial score (nSPS) is 14.5. The maximum absolute atomic E-state index is 11.5. The number of carbonyl (C=O) groups is 1. The van der Waals surface area contributed by atoms with E-state index < -0.39 is 0 Å². The van der Waals surface area contributed by atoms with E-state index in [0.29, 0.717) is 4.88 Å². The van der Waals surface area contributed by atoms with Gasteiger partial charge in [0.15, 0.2) is 0 Å². The molecule has 4 heteroatoms. The minimum Gasteiger partial charge on any atom is -0.299 e. The zero-order valence-electron chi connectivity index (χ0n) is 8.41. The Morgan fingerprint density at radius 2 is 2.40 bits per heavy atom. The zero-order valence-corrected chi connectivity index (χ0v) is 9.23. The van der Waals surface area contributed by atoms with Gasteiger partial charge in [-0.25, -0.2) is 0 Å². The molecule has 0 spiro atoms. The molecule has 0 aliphatic heterocycles. The average Bonchev–Trinajstić information content (AvgIpc) is 2.84. The van der Waals surface area contributed by atoms with Crippen LogP contribution in [-0.2, 0) is 0 Å². The van der Waals surface area contributed by atoms with Gasteiger partial charge in [0, 0.05) is 0 Å². The van der Waals surface area contributed by atoms with E-state index in [2.05, 4.69) is 17.8 Å². The van der Waals surface area contributed by atoms with Crippen molar-refractivity contribution in [2.24, 2.45) is 0 Å². The van der Waals surface area contributed by atoms with Crippen molar-refractivity contribution in [2.75, 3.05) is 0 Å². The van der Waals surface area contributed by atoms with E-state index in [1.807, 2.05) is 23.6 Å². The van der Waals surface area contributed by atoms with Crippen LogP contribution < -0.4 is 10.9 Å². The highest BCUT2D eigenvalue weighted by Gasteiger charge is 2.07. The summed E-state index contributed by atoms with van der Waals surface area (Å²) in [7, 11) is 0. The van der Waals surface area contributed by atoms with Crippen LogP contribution in [0.1, 0.15) is 23.0 Å². The Labute approximate surface area is 92.5 Å². The molecule has 0 atom stereocenters. The molecule has 2 N–H and O–H groups in total. The fourth-order valence-corrected chi connectivity index (χ4v) is 1.96. The Bertz CT molecular complexity index is 418. The fourth-order valence-electron chi connectivity index (χ4n) is 1.34. The lowest BCUT2D eigenvalue weighted by atomic mass is 10.3. The van der Waals surface area contributed by atoms with Gasteiger partial charge in [0.2, 0.25) is 0 Å². The summed E-state index contributed by atoms with van der Waals surface area (Å²) in [5.74, 6) is -0.0937.